The summed E-state index contributed by atoms with van der Waals surface area (Å²) in [5.74, 6) is 0.306. The molecule has 0 aliphatic heterocycles. The van der Waals surface area contributed by atoms with E-state index in [0.717, 1.165) is 0 Å². The maximum absolute atomic E-state index is 10.8. The summed E-state index contributed by atoms with van der Waals surface area (Å²) in [5.41, 5.74) is 5.64. The van der Waals surface area contributed by atoms with Gasteiger partial charge in [-0.2, -0.15) is 4.98 Å². The molecule has 1 rings (SSSR count). The van der Waals surface area contributed by atoms with Crippen molar-refractivity contribution in [2.75, 3.05) is 24.2 Å². The molecule has 7 nitrogen and oxygen atoms in total. The number of hydrogen-bond acceptors (Lipinski definition) is 6. The molecular weight excluding hydrogens is 198 g/mol. The van der Waals surface area contributed by atoms with Gasteiger partial charge >= 0.3 is 5.69 Å². The molecule has 82 valence electrons. The summed E-state index contributed by atoms with van der Waals surface area (Å²) in [6.45, 7) is 4.03. The third-order valence-corrected chi connectivity index (χ3v) is 2.08. The van der Waals surface area contributed by atoms with E-state index in [9.17, 15) is 10.1 Å². The van der Waals surface area contributed by atoms with Gasteiger partial charge in [0.2, 0.25) is 11.8 Å². The van der Waals surface area contributed by atoms with Gasteiger partial charge in [0.25, 0.3) is 0 Å². The standard InChI is InChI=1S/C8H13N5O2/c1-4-12(3)7-6(13(14)15)5(2)10-8(9)11-7/h4H2,1-3H3,(H2,9,10,11). The Balaban J connectivity index is 3.39. The first-order valence-electron chi connectivity index (χ1n) is 4.47. The molecule has 0 fully saturated rings. The molecule has 0 aliphatic rings. The van der Waals surface area contributed by atoms with Crippen LogP contribution >= 0.6 is 0 Å². The molecule has 0 aromatic carbocycles. The molecule has 0 unspecified atom stereocenters. The van der Waals surface area contributed by atoms with Crippen LogP contribution in [0.2, 0.25) is 0 Å². The molecule has 0 spiro atoms. The van der Waals surface area contributed by atoms with Crippen molar-refractivity contribution in [3.8, 4) is 0 Å². The highest BCUT2D eigenvalue weighted by Gasteiger charge is 2.23. The summed E-state index contributed by atoms with van der Waals surface area (Å²) in [6, 6.07) is 0. The van der Waals surface area contributed by atoms with Gasteiger partial charge in [0.05, 0.1) is 4.92 Å². The van der Waals surface area contributed by atoms with Crippen molar-refractivity contribution < 1.29 is 4.92 Å². The van der Waals surface area contributed by atoms with Crippen molar-refractivity contribution in [1.82, 2.24) is 9.97 Å². The topological polar surface area (TPSA) is 98.2 Å². The molecule has 0 aliphatic carbocycles. The normalized spacial score (nSPS) is 10.1. The number of nitrogens with two attached hydrogens (primary N) is 1. The van der Waals surface area contributed by atoms with E-state index in [1.807, 2.05) is 6.92 Å². The van der Waals surface area contributed by atoms with Crippen molar-refractivity contribution in [2.45, 2.75) is 13.8 Å². The summed E-state index contributed by atoms with van der Waals surface area (Å²) >= 11 is 0. The Bertz CT molecular complexity index is 393. The second-order valence-corrected chi connectivity index (χ2v) is 3.11. The SMILES string of the molecule is CCN(C)c1nc(N)nc(C)c1[N+](=O)[O-]. The van der Waals surface area contributed by atoms with Gasteiger partial charge in [-0.15, -0.1) is 0 Å². The molecule has 0 saturated carbocycles. The maximum atomic E-state index is 10.8. The van der Waals surface area contributed by atoms with Crippen LogP contribution in [0, 0.1) is 17.0 Å². The van der Waals surface area contributed by atoms with Crippen LogP contribution in [0.3, 0.4) is 0 Å². The molecule has 0 atom stereocenters. The molecular formula is C8H13N5O2. The Labute approximate surface area is 87.1 Å². The fraction of sp³-hybridized carbons (Fsp3) is 0.500. The number of nitrogen functional groups attached to an aromatic ring is 1. The lowest BCUT2D eigenvalue weighted by Gasteiger charge is -2.16. The lowest BCUT2D eigenvalue weighted by Crippen LogP contribution is -2.20. The third kappa shape index (κ3) is 2.12. The van der Waals surface area contributed by atoms with Crippen LogP contribution < -0.4 is 10.6 Å². The Morgan fingerprint density at radius 1 is 1.53 bits per heavy atom. The smallest absolute Gasteiger partial charge is 0.332 e. The predicted molar refractivity (Wildman–Crippen MR) is 56.8 cm³/mol. The number of aryl methyl sites for hydroxylation is 1. The lowest BCUT2D eigenvalue weighted by atomic mass is 10.3. The molecule has 0 saturated heterocycles. The minimum atomic E-state index is -0.490. The zero-order valence-corrected chi connectivity index (χ0v) is 8.89. The van der Waals surface area contributed by atoms with Crippen LogP contribution in [0.15, 0.2) is 0 Å². The van der Waals surface area contributed by atoms with E-state index < -0.39 is 4.92 Å². The van der Waals surface area contributed by atoms with Crippen molar-refractivity contribution in [1.29, 1.82) is 0 Å². The highest BCUT2D eigenvalue weighted by molar-refractivity contribution is 5.61. The quantitative estimate of drug-likeness (QED) is 0.584. The highest BCUT2D eigenvalue weighted by Crippen LogP contribution is 2.27. The van der Waals surface area contributed by atoms with E-state index in [0.29, 0.717) is 6.54 Å². The molecule has 15 heavy (non-hydrogen) atoms. The van der Waals surface area contributed by atoms with Crippen molar-refractivity contribution >= 4 is 17.5 Å². The molecule has 0 bridgehead atoms. The first-order chi connectivity index (χ1) is 6.97. The first-order valence-corrected chi connectivity index (χ1v) is 4.47. The van der Waals surface area contributed by atoms with Crippen LogP contribution in [0.1, 0.15) is 12.6 Å². The Kier molecular flexibility index (Phi) is 3.03. The minimum Gasteiger partial charge on any atom is -0.368 e. The number of aromatic nitrogens is 2. The zero-order valence-electron chi connectivity index (χ0n) is 8.89. The fourth-order valence-corrected chi connectivity index (χ4v) is 1.20. The maximum Gasteiger partial charge on any atom is 0.332 e. The van der Waals surface area contributed by atoms with Gasteiger partial charge in [0.1, 0.15) is 5.69 Å². The Morgan fingerprint density at radius 2 is 2.13 bits per heavy atom. The van der Waals surface area contributed by atoms with Gasteiger partial charge in [-0.1, -0.05) is 0 Å². The summed E-state index contributed by atoms with van der Waals surface area (Å²) < 4.78 is 0. The third-order valence-electron chi connectivity index (χ3n) is 2.08. The highest BCUT2D eigenvalue weighted by atomic mass is 16.6. The second-order valence-electron chi connectivity index (χ2n) is 3.11. The van der Waals surface area contributed by atoms with Gasteiger partial charge in [0.15, 0.2) is 0 Å². The molecule has 0 amide bonds. The van der Waals surface area contributed by atoms with E-state index in [1.165, 1.54) is 0 Å². The van der Waals surface area contributed by atoms with E-state index in [1.54, 1.807) is 18.9 Å². The van der Waals surface area contributed by atoms with Gasteiger partial charge in [0, 0.05) is 13.6 Å². The fourth-order valence-electron chi connectivity index (χ4n) is 1.20. The van der Waals surface area contributed by atoms with Gasteiger partial charge in [-0.05, 0) is 13.8 Å². The van der Waals surface area contributed by atoms with Crippen LogP contribution in [-0.2, 0) is 0 Å². The van der Waals surface area contributed by atoms with E-state index in [-0.39, 0.29) is 23.1 Å². The van der Waals surface area contributed by atoms with Crippen molar-refractivity contribution in [2.24, 2.45) is 0 Å². The summed E-state index contributed by atoms with van der Waals surface area (Å²) in [6.07, 6.45) is 0. The number of hydrogen-bond donors (Lipinski definition) is 1. The van der Waals surface area contributed by atoms with Crippen LogP contribution in [-0.4, -0.2) is 28.5 Å². The number of nitrogens with zero attached hydrogens (tertiary/aromatic N) is 4. The average Bonchev–Trinajstić information content (AvgIpc) is 2.14. The minimum absolute atomic E-state index is 0.0494. The van der Waals surface area contributed by atoms with Crippen LogP contribution in [0.25, 0.3) is 0 Å². The number of nitro groups is 1. The van der Waals surface area contributed by atoms with E-state index in [4.69, 9.17) is 5.73 Å². The van der Waals surface area contributed by atoms with Gasteiger partial charge < -0.3 is 10.6 Å². The van der Waals surface area contributed by atoms with Gasteiger partial charge in [-0.25, -0.2) is 4.98 Å². The van der Waals surface area contributed by atoms with E-state index >= 15 is 0 Å². The molecule has 0 radical (unpaired) electrons. The monoisotopic (exact) mass is 211 g/mol. The number of anilines is 2. The summed E-state index contributed by atoms with van der Waals surface area (Å²) in [5, 5.41) is 10.8. The largest absolute Gasteiger partial charge is 0.368 e. The molecule has 1 heterocycles. The predicted octanol–water partition coefficient (Wildman–Crippen LogP) is 0.732. The van der Waals surface area contributed by atoms with E-state index in [2.05, 4.69) is 9.97 Å². The lowest BCUT2D eigenvalue weighted by molar-refractivity contribution is -0.385. The second kappa shape index (κ2) is 4.07. The van der Waals surface area contributed by atoms with Crippen molar-refractivity contribution in [3.05, 3.63) is 15.8 Å². The van der Waals surface area contributed by atoms with Crippen LogP contribution in [0.5, 0.6) is 0 Å². The van der Waals surface area contributed by atoms with Crippen LogP contribution in [0.4, 0.5) is 17.5 Å². The first kappa shape index (κ1) is 11.2. The molecule has 2 N–H and O–H groups in total. The Morgan fingerprint density at radius 3 is 2.60 bits per heavy atom. The van der Waals surface area contributed by atoms with Gasteiger partial charge in [-0.3, -0.25) is 10.1 Å². The molecule has 7 heteroatoms. The molecule has 1 aromatic heterocycles. The van der Waals surface area contributed by atoms with Crippen molar-refractivity contribution in [3.63, 3.8) is 0 Å². The molecule has 1 aromatic rings. The number of rotatable bonds is 3. The zero-order chi connectivity index (χ0) is 11.6. The Hall–Kier alpha value is -1.92. The summed E-state index contributed by atoms with van der Waals surface area (Å²) in [4.78, 5) is 19.6. The summed E-state index contributed by atoms with van der Waals surface area (Å²) in [7, 11) is 1.72. The average molecular weight is 211 g/mol.